The molecule has 0 aromatic heterocycles. The second-order valence-electron chi connectivity index (χ2n) is 5.94. The molecule has 112 valence electrons. The number of nitrogens with one attached hydrogen (secondary N) is 1. The smallest absolute Gasteiger partial charge is 0.0417 e. The van der Waals surface area contributed by atoms with E-state index in [1.807, 2.05) is 7.05 Å². The zero-order valence-corrected chi connectivity index (χ0v) is 13.4. The van der Waals surface area contributed by atoms with Gasteiger partial charge in [-0.2, -0.15) is 0 Å². The van der Waals surface area contributed by atoms with Gasteiger partial charge >= 0.3 is 0 Å². The molecule has 1 aliphatic heterocycles. The summed E-state index contributed by atoms with van der Waals surface area (Å²) in [6, 6.07) is 9.88. The van der Waals surface area contributed by atoms with Crippen LogP contribution in [0.3, 0.4) is 0 Å². The lowest BCUT2D eigenvalue weighted by Gasteiger charge is -2.34. The Balaban J connectivity index is 2.32. The summed E-state index contributed by atoms with van der Waals surface area (Å²) < 4.78 is 0. The predicted octanol–water partition coefficient (Wildman–Crippen LogP) is 2.89. The number of rotatable bonds is 4. The van der Waals surface area contributed by atoms with Crippen LogP contribution >= 0.6 is 0 Å². The Hall–Kier alpha value is -1.06. The van der Waals surface area contributed by atoms with Crippen molar-refractivity contribution in [3.8, 4) is 0 Å². The maximum atomic E-state index is 3.38. The van der Waals surface area contributed by atoms with E-state index in [0.29, 0.717) is 12.1 Å². The molecule has 1 saturated heterocycles. The van der Waals surface area contributed by atoms with Crippen LogP contribution in [-0.4, -0.2) is 44.7 Å². The number of benzene rings is 1. The lowest BCUT2D eigenvalue weighted by molar-refractivity contribution is 0.328. The first kappa shape index (κ1) is 15.3. The van der Waals surface area contributed by atoms with E-state index in [2.05, 4.69) is 60.3 Å². The minimum atomic E-state index is 0.393. The van der Waals surface area contributed by atoms with Crippen molar-refractivity contribution < 1.29 is 0 Å². The second-order valence-corrected chi connectivity index (χ2v) is 5.94. The summed E-state index contributed by atoms with van der Waals surface area (Å²) in [6.07, 6.45) is 2.45. The number of hydrogen-bond acceptors (Lipinski definition) is 3. The van der Waals surface area contributed by atoms with E-state index in [9.17, 15) is 0 Å². The van der Waals surface area contributed by atoms with Crippen LogP contribution in [0.5, 0.6) is 0 Å². The summed E-state index contributed by atoms with van der Waals surface area (Å²) in [5.41, 5.74) is 2.83. The molecule has 20 heavy (non-hydrogen) atoms. The van der Waals surface area contributed by atoms with Gasteiger partial charge in [0.05, 0.1) is 0 Å². The first-order chi connectivity index (χ1) is 9.67. The molecule has 1 aromatic carbocycles. The summed E-state index contributed by atoms with van der Waals surface area (Å²) in [5, 5.41) is 3.38. The van der Waals surface area contributed by atoms with E-state index in [-0.39, 0.29) is 0 Å². The highest BCUT2D eigenvalue weighted by molar-refractivity contribution is 5.56. The van der Waals surface area contributed by atoms with Gasteiger partial charge in [-0.15, -0.1) is 0 Å². The minimum Gasteiger partial charge on any atom is -0.367 e. The fraction of sp³-hybridized carbons (Fsp3) is 0.647. The molecule has 1 heterocycles. The molecular formula is C17H29N3. The van der Waals surface area contributed by atoms with Crippen molar-refractivity contribution in [3.63, 3.8) is 0 Å². The maximum absolute atomic E-state index is 3.38. The summed E-state index contributed by atoms with van der Waals surface area (Å²) >= 11 is 0. The molecule has 1 aliphatic rings. The standard InChI is InChI=1S/C17H29N3/c1-5-15-13-19(4)11-8-12-20(15)17-10-7-6-9-16(17)14(2)18-3/h6-7,9-10,14-15,18H,5,8,11-13H2,1-4H3. The van der Waals surface area contributed by atoms with Gasteiger partial charge in [0.25, 0.3) is 0 Å². The van der Waals surface area contributed by atoms with E-state index < -0.39 is 0 Å². The van der Waals surface area contributed by atoms with Crippen LogP contribution in [0.15, 0.2) is 24.3 Å². The molecule has 2 atom stereocenters. The number of para-hydroxylation sites is 1. The predicted molar refractivity (Wildman–Crippen MR) is 87.5 cm³/mol. The van der Waals surface area contributed by atoms with Crippen LogP contribution in [0.2, 0.25) is 0 Å². The first-order valence-electron chi connectivity index (χ1n) is 7.88. The molecule has 2 rings (SSSR count). The van der Waals surface area contributed by atoms with Gasteiger partial charge in [-0.1, -0.05) is 25.1 Å². The Morgan fingerprint density at radius 3 is 2.75 bits per heavy atom. The van der Waals surface area contributed by atoms with Gasteiger partial charge in [-0.25, -0.2) is 0 Å². The molecule has 1 N–H and O–H groups in total. The normalized spacial score (nSPS) is 22.6. The average molecular weight is 275 g/mol. The molecule has 3 nitrogen and oxygen atoms in total. The van der Waals surface area contributed by atoms with Crippen LogP contribution < -0.4 is 10.2 Å². The van der Waals surface area contributed by atoms with Crippen LogP contribution in [0.1, 0.15) is 38.3 Å². The topological polar surface area (TPSA) is 18.5 Å². The third-order valence-electron chi connectivity index (χ3n) is 4.52. The van der Waals surface area contributed by atoms with Gasteiger partial charge in [-0.3, -0.25) is 0 Å². The van der Waals surface area contributed by atoms with Crippen LogP contribution in [0.25, 0.3) is 0 Å². The lowest BCUT2D eigenvalue weighted by Crippen LogP contribution is -2.40. The van der Waals surface area contributed by atoms with Gasteiger partial charge in [0.2, 0.25) is 0 Å². The van der Waals surface area contributed by atoms with E-state index in [0.717, 1.165) is 6.54 Å². The van der Waals surface area contributed by atoms with E-state index in [4.69, 9.17) is 0 Å². The monoisotopic (exact) mass is 275 g/mol. The molecule has 0 spiro atoms. The molecule has 0 saturated carbocycles. The first-order valence-corrected chi connectivity index (χ1v) is 7.88. The van der Waals surface area contributed by atoms with Crippen molar-refractivity contribution in [2.24, 2.45) is 0 Å². The van der Waals surface area contributed by atoms with Crippen molar-refractivity contribution in [2.75, 3.05) is 38.6 Å². The summed E-state index contributed by atoms with van der Waals surface area (Å²) in [7, 11) is 4.28. The Labute approximate surface area is 124 Å². The zero-order chi connectivity index (χ0) is 14.5. The number of likely N-dealkylation sites (N-methyl/N-ethyl adjacent to an activating group) is 1. The Kier molecular flexibility index (Phi) is 5.44. The quantitative estimate of drug-likeness (QED) is 0.911. The summed E-state index contributed by atoms with van der Waals surface area (Å²) in [6.45, 7) is 8.08. The fourth-order valence-corrected chi connectivity index (χ4v) is 3.18. The summed E-state index contributed by atoms with van der Waals surface area (Å²) in [5.74, 6) is 0. The van der Waals surface area contributed by atoms with Crippen molar-refractivity contribution in [2.45, 2.75) is 38.8 Å². The number of hydrogen-bond donors (Lipinski definition) is 1. The highest BCUT2D eigenvalue weighted by atomic mass is 15.2. The third-order valence-corrected chi connectivity index (χ3v) is 4.52. The Morgan fingerprint density at radius 1 is 1.30 bits per heavy atom. The van der Waals surface area contributed by atoms with E-state index in [1.165, 1.54) is 37.2 Å². The average Bonchev–Trinajstić information content (AvgIpc) is 2.67. The van der Waals surface area contributed by atoms with Crippen LogP contribution in [-0.2, 0) is 0 Å². The van der Waals surface area contributed by atoms with Gasteiger partial charge < -0.3 is 15.1 Å². The summed E-state index contributed by atoms with van der Waals surface area (Å²) in [4.78, 5) is 5.10. The molecule has 0 radical (unpaired) electrons. The number of anilines is 1. The zero-order valence-electron chi connectivity index (χ0n) is 13.4. The molecular weight excluding hydrogens is 246 g/mol. The van der Waals surface area contributed by atoms with Gasteiger partial charge in [0.15, 0.2) is 0 Å². The van der Waals surface area contributed by atoms with Crippen molar-refractivity contribution in [1.29, 1.82) is 0 Å². The molecule has 1 fully saturated rings. The van der Waals surface area contributed by atoms with Crippen LogP contribution in [0.4, 0.5) is 5.69 Å². The molecule has 0 aliphatic carbocycles. The Morgan fingerprint density at radius 2 is 2.05 bits per heavy atom. The Bertz CT molecular complexity index is 418. The third kappa shape index (κ3) is 3.33. The SMILES string of the molecule is CCC1CN(C)CCCN1c1ccccc1C(C)NC. The fourth-order valence-electron chi connectivity index (χ4n) is 3.18. The lowest BCUT2D eigenvalue weighted by atomic mass is 10.0. The largest absolute Gasteiger partial charge is 0.367 e. The van der Waals surface area contributed by atoms with E-state index >= 15 is 0 Å². The second kappa shape index (κ2) is 7.09. The molecule has 1 aromatic rings. The van der Waals surface area contributed by atoms with Crippen molar-refractivity contribution >= 4 is 5.69 Å². The highest BCUT2D eigenvalue weighted by Gasteiger charge is 2.24. The maximum Gasteiger partial charge on any atom is 0.0417 e. The minimum absolute atomic E-state index is 0.393. The highest BCUT2D eigenvalue weighted by Crippen LogP contribution is 2.29. The van der Waals surface area contributed by atoms with E-state index in [1.54, 1.807) is 0 Å². The van der Waals surface area contributed by atoms with Gasteiger partial charge in [0.1, 0.15) is 0 Å². The molecule has 3 heteroatoms. The van der Waals surface area contributed by atoms with Gasteiger partial charge in [0, 0.05) is 30.9 Å². The van der Waals surface area contributed by atoms with Crippen molar-refractivity contribution in [1.82, 2.24) is 10.2 Å². The molecule has 2 unspecified atom stereocenters. The molecule has 0 amide bonds. The molecule has 0 bridgehead atoms. The number of nitrogens with zero attached hydrogens (tertiary/aromatic N) is 2. The van der Waals surface area contributed by atoms with Crippen molar-refractivity contribution in [3.05, 3.63) is 29.8 Å². The van der Waals surface area contributed by atoms with Crippen LogP contribution in [0, 0.1) is 0 Å². The van der Waals surface area contributed by atoms with Gasteiger partial charge in [-0.05, 0) is 52.0 Å².